The summed E-state index contributed by atoms with van der Waals surface area (Å²) < 4.78 is 11.4. The maximum Gasteiger partial charge on any atom is 0.253 e. The normalized spacial score (nSPS) is 11.9. The molecule has 0 fully saturated rings. The molecule has 31 heavy (non-hydrogen) atoms. The first kappa shape index (κ1) is 21.5. The smallest absolute Gasteiger partial charge is 0.253 e. The molecule has 0 saturated heterocycles. The Kier molecular flexibility index (Phi) is 7.01. The van der Waals surface area contributed by atoms with E-state index in [1.165, 1.54) is 23.1 Å². The quantitative estimate of drug-likeness (QED) is 0.484. The number of rotatable bonds is 8. The summed E-state index contributed by atoms with van der Waals surface area (Å²) >= 11 is 8.93. The number of nitrogens with one attached hydrogen (secondary N) is 2. The van der Waals surface area contributed by atoms with E-state index in [2.05, 4.69) is 10.6 Å². The Balaban J connectivity index is 1.31. The summed E-state index contributed by atoms with van der Waals surface area (Å²) in [6, 6.07) is 16.3. The van der Waals surface area contributed by atoms with Crippen molar-refractivity contribution < 1.29 is 19.1 Å². The van der Waals surface area contributed by atoms with Crippen LogP contribution in [0.4, 0.5) is 5.69 Å². The zero-order valence-electron chi connectivity index (χ0n) is 16.4. The highest BCUT2D eigenvalue weighted by Gasteiger charge is 2.15. The summed E-state index contributed by atoms with van der Waals surface area (Å²) in [5, 5.41) is 5.72. The van der Waals surface area contributed by atoms with Gasteiger partial charge >= 0.3 is 0 Å². The third-order valence-corrected chi connectivity index (χ3v) is 6.84. The van der Waals surface area contributed by atoms with Gasteiger partial charge < -0.3 is 20.1 Å². The molecule has 0 unspecified atom stereocenters. The van der Waals surface area contributed by atoms with Gasteiger partial charge in [-0.2, -0.15) is 0 Å². The van der Waals surface area contributed by atoms with E-state index in [9.17, 15) is 9.59 Å². The lowest BCUT2D eigenvalue weighted by molar-refractivity contribution is -0.113. The molecule has 9 heteroatoms. The van der Waals surface area contributed by atoms with Crippen LogP contribution >= 0.6 is 34.7 Å². The number of benzene rings is 2. The van der Waals surface area contributed by atoms with Crippen molar-refractivity contribution in [2.24, 2.45) is 0 Å². The van der Waals surface area contributed by atoms with Gasteiger partial charge in [0.25, 0.3) is 5.91 Å². The van der Waals surface area contributed by atoms with Crippen molar-refractivity contribution in [1.82, 2.24) is 5.32 Å². The van der Waals surface area contributed by atoms with Crippen molar-refractivity contribution in [3.05, 3.63) is 74.9 Å². The maximum atomic E-state index is 12.7. The van der Waals surface area contributed by atoms with E-state index >= 15 is 0 Å². The van der Waals surface area contributed by atoms with Gasteiger partial charge in [-0.15, -0.1) is 23.1 Å². The first-order chi connectivity index (χ1) is 15.1. The van der Waals surface area contributed by atoms with Gasteiger partial charge in [0.05, 0.1) is 21.3 Å². The van der Waals surface area contributed by atoms with E-state index in [0.717, 1.165) is 14.8 Å². The molecule has 3 aromatic rings. The first-order valence-corrected chi connectivity index (χ1v) is 11.8. The highest BCUT2D eigenvalue weighted by Crippen LogP contribution is 2.32. The number of hydrogen-bond acceptors (Lipinski definition) is 6. The Morgan fingerprint density at radius 2 is 1.90 bits per heavy atom. The van der Waals surface area contributed by atoms with Crippen molar-refractivity contribution in [1.29, 1.82) is 0 Å². The number of anilines is 1. The van der Waals surface area contributed by atoms with Gasteiger partial charge in [-0.25, -0.2) is 0 Å². The molecule has 2 amide bonds. The minimum absolute atomic E-state index is 0.163. The molecule has 0 atom stereocenters. The fourth-order valence-electron chi connectivity index (χ4n) is 2.98. The Hall–Kier alpha value is -2.68. The fourth-order valence-corrected chi connectivity index (χ4v) is 5.00. The molecule has 0 spiro atoms. The maximum absolute atomic E-state index is 12.7. The lowest BCUT2D eigenvalue weighted by Crippen LogP contribution is -2.25. The average molecular weight is 475 g/mol. The number of hydrogen-bond donors (Lipinski definition) is 2. The highest BCUT2D eigenvalue weighted by molar-refractivity contribution is 7.99. The van der Waals surface area contributed by atoms with Crippen LogP contribution < -0.4 is 20.1 Å². The molecule has 2 heterocycles. The SMILES string of the molecule is O=C(CSCc1ccc(Cl)s1)Nc1ccccc1C(=O)NCc1ccc2c(c1)OCO2. The molecule has 0 aliphatic carbocycles. The standard InChI is InChI=1S/C22H19ClN2O4S2/c23-20-8-6-15(31-20)11-30-12-21(26)25-17-4-2-1-3-16(17)22(27)24-10-14-5-7-18-19(9-14)29-13-28-18/h1-9H,10-13H2,(H,24,27)(H,25,26). The molecule has 0 saturated carbocycles. The molecule has 4 rings (SSSR count). The summed E-state index contributed by atoms with van der Waals surface area (Å²) in [5.41, 5.74) is 1.78. The largest absolute Gasteiger partial charge is 0.454 e. The van der Waals surface area contributed by atoms with E-state index in [0.29, 0.717) is 35.0 Å². The average Bonchev–Trinajstić information content (AvgIpc) is 3.40. The second-order valence-electron chi connectivity index (χ2n) is 6.66. The topological polar surface area (TPSA) is 76.7 Å². The molecule has 2 N–H and O–H groups in total. The lowest BCUT2D eigenvalue weighted by Gasteiger charge is -2.12. The van der Waals surface area contributed by atoms with E-state index in [1.54, 1.807) is 24.3 Å². The van der Waals surface area contributed by atoms with Crippen LogP contribution in [0.25, 0.3) is 0 Å². The van der Waals surface area contributed by atoms with Gasteiger partial charge in [0, 0.05) is 17.2 Å². The summed E-state index contributed by atoms with van der Waals surface area (Å²) in [6.45, 7) is 0.536. The van der Waals surface area contributed by atoms with E-state index in [-0.39, 0.29) is 24.4 Å². The molecule has 160 valence electrons. The second-order valence-corrected chi connectivity index (χ2v) is 9.45. The van der Waals surface area contributed by atoms with Crippen LogP contribution in [0, 0.1) is 0 Å². The summed E-state index contributed by atoms with van der Waals surface area (Å²) in [4.78, 5) is 26.2. The molecule has 2 aromatic carbocycles. The van der Waals surface area contributed by atoms with Gasteiger partial charge in [-0.3, -0.25) is 9.59 Å². The van der Waals surface area contributed by atoms with Crippen LogP contribution in [-0.4, -0.2) is 24.4 Å². The number of carbonyl (C=O) groups is 2. The van der Waals surface area contributed by atoms with Crippen molar-refractivity contribution in [2.75, 3.05) is 17.9 Å². The van der Waals surface area contributed by atoms with Gasteiger partial charge in [-0.1, -0.05) is 29.8 Å². The second kappa shape index (κ2) is 10.1. The zero-order chi connectivity index (χ0) is 21.6. The van der Waals surface area contributed by atoms with E-state index in [1.807, 2.05) is 30.3 Å². The summed E-state index contributed by atoms with van der Waals surface area (Å²) in [5.74, 6) is 1.92. The number of thioether (sulfide) groups is 1. The fraction of sp³-hybridized carbons (Fsp3) is 0.182. The number of amides is 2. The molecule has 0 bridgehead atoms. The first-order valence-electron chi connectivity index (χ1n) is 9.46. The molecule has 6 nitrogen and oxygen atoms in total. The highest BCUT2D eigenvalue weighted by atomic mass is 35.5. The number of fused-ring (bicyclic) bond motifs is 1. The Morgan fingerprint density at radius 3 is 2.74 bits per heavy atom. The van der Waals surface area contributed by atoms with Crippen LogP contribution in [0.2, 0.25) is 4.34 Å². The summed E-state index contributed by atoms with van der Waals surface area (Å²) in [6.07, 6.45) is 0. The van der Waals surface area contributed by atoms with Crippen molar-refractivity contribution in [3.63, 3.8) is 0 Å². The van der Waals surface area contributed by atoms with Crippen LogP contribution in [0.5, 0.6) is 11.5 Å². The van der Waals surface area contributed by atoms with Crippen LogP contribution in [-0.2, 0) is 17.1 Å². The van der Waals surface area contributed by atoms with Crippen molar-refractivity contribution in [3.8, 4) is 11.5 Å². The molecular weight excluding hydrogens is 456 g/mol. The Labute approximate surface area is 192 Å². The van der Waals surface area contributed by atoms with Gasteiger partial charge in [0.2, 0.25) is 12.7 Å². The van der Waals surface area contributed by atoms with E-state index < -0.39 is 0 Å². The molecular formula is C22H19ClN2O4S2. The molecule has 1 aliphatic rings. The third-order valence-electron chi connectivity index (χ3n) is 4.44. The molecule has 0 radical (unpaired) electrons. The number of carbonyl (C=O) groups excluding carboxylic acids is 2. The number of thiophene rings is 1. The number of halogens is 1. The Bertz CT molecular complexity index is 1100. The third kappa shape index (κ3) is 5.72. The van der Waals surface area contributed by atoms with Crippen LogP contribution in [0.1, 0.15) is 20.8 Å². The Morgan fingerprint density at radius 1 is 1.06 bits per heavy atom. The minimum atomic E-state index is -0.269. The van der Waals surface area contributed by atoms with Gasteiger partial charge in [-0.05, 0) is 42.0 Å². The molecule has 1 aromatic heterocycles. The number of ether oxygens (including phenoxy) is 2. The summed E-state index contributed by atoms with van der Waals surface area (Å²) in [7, 11) is 0. The monoisotopic (exact) mass is 474 g/mol. The van der Waals surface area contributed by atoms with Crippen molar-refractivity contribution >= 4 is 52.2 Å². The predicted octanol–water partition coefficient (Wildman–Crippen LogP) is 4.93. The predicted molar refractivity (Wildman–Crippen MR) is 124 cm³/mol. The zero-order valence-corrected chi connectivity index (χ0v) is 18.7. The van der Waals surface area contributed by atoms with Crippen LogP contribution in [0.15, 0.2) is 54.6 Å². The number of para-hydroxylation sites is 1. The van der Waals surface area contributed by atoms with Crippen LogP contribution in [0.3, 0.4) is 0 Å². The van der Waals surface area contributed by atoms with E-state index in [4.69, 9.17) is 21.1 Å². The van der Waals surface area contributed by atoms with Crippen molar-refractivity contribution in [2.45, 2.75) is 12.3 Å². The van der Waals surface area contributed by atoms with Gasteiger partial charge in [0.15, 0.2) is 11.5 Å². The minimum Gasteiger partial charge on any atom is -0.454 e. The molecule has 1 aliphatic heterocycles. The lowest BCUT2D eigenvalue weighted by atomic mass is 10.1. The van der Waals surface area contributed by atoms with Gasteiger partial charge in [0.1, 0.15) is 0 Å².